The van der Waals surface area contributed by atoms with Gasteiger partial charge in [0.05, 0.1) is 21.3 Å². The third-order valence-corrected chi connectivity index (χ3v) is 7.49. The highest BCUT2D eigenvalue weighted by atomic mass is 16.5. The Morgan fingerprint density at radius 1 is 0.949 bits per heavy atom. The van der Waals surface area contributed by atoms with Gasteiger partial charge in [0, 0.05) is 36.9 Å². The van der Waals surface area contributed by atoms with Crippen LogP contribution in [-0.4, -0.2) is 56.8 Å². The summed E-state index contributed by atoms with van der Waals surface area (Å²) in [5.74, 6) is 1.86. The molecule has 5 heteroatoms. The number of nitrogens with zero attached hydrogens (tertiary/aromatic N) is 2. The quantitative estimate of drug-likeness (QED) is 0.236. The van der Waals surface area contributed by atoms with Gasteiger partial charge in [0.1, 0.15) is 0 Å². The largest absolute Gasteiger partial charge is 0.493 e. The van der Waals surface area contributed by atoms with E-state index in [0.717, 1.165) is 43.9 Å². The van der Waals surface area contributed by atoms with Crippen molar-refractivity contribution in [3.8, 4) is 17.2 Å². The van der Waals surface area contributed by atoms with Crippen LogP contribution in [-0.2, 0) is 6.54 Å². The molecule has 0 N–H and O–H groups in total. The summed E-state index contributed by atoms with van der Waals surface area (Å²) in [6.07, 6.45) is 5.82. The average molecular weight is 527 g/mol. The first-order valence-corrected chi connectivity index (χ1v) is 13.8. The lowest BCUT2D eigenvalue weighted by atomic mass is 10.1. The summed E-state index contributed by atoms with van der Waals surface area (Å²) in [6, 6.07) is 25.8. The average Bonchev–Trinajstić information content (AvgIpc) is 3.41. The molecule has 1 atom stereocenters. The Bertz CT molecular complexity index is 1210. The van der Waals surface area contributed by atoms with Gasteiger partial charge in [-0.1, -0.05) is 78.9 Å². The summed E-state index contributed by atoms with van der Waals surface area (Å²) >= 11 is 0. The van der Waals surface area contributed by atoms with E-state index in [0.29, 0.717) is 23.3 Å². The van der Waals surface area contributed by atoms with Crippen LogP contribution >= 0.6 is 0 Å². The van der Waals surface area contributed by atoms with Crippen molar-refractivity contribution in [3.05, 3.63) is 102 Å². The maximum absolute atomic E-state index is 5.64. The predicted molar refractivity (Wildman–Crippen MR) is 161 cm³/mol. The highest BCUT2D eigenvalue weighted by molar-refractivity contribution is 5.69. The van der Waals surface area contributed by atoms with E-state index >= 15 is 0 Å². The van der Waals surface area contributed by atoms with Gasteiger partial charge in [-0.25, -0.2) is 0 Å². The predicted octanol–water partition coefficient (Wildman–Crippen LogP) is 7.14. The van der Waals surface area contributed by atoms with Crippen LogP contribution in [0.1, 0.15) is 42.9 Å². The van der Waals surface area contributed by atoms with Crippen LogP contribution in [0.5, 0.6) is 17.2 Å². The van der Waals surface area contributed by atoms with E-state index in [1.54, 1.807) is 21.3 Å². The Hall–Kier alpha value is -3.70. The van der Waals surface area contributed by atoms with Crippen LogP contribution in [0.25, 0.3) is 11.8 Å². The Balaban J connectivity index is 1.56. The van der Waals surface area contributed by atoms with Gasteiger partial charge in [-0.15, -0.1) is 0 Å². The number of likely N-dealkylation sites (tertiary alicyclic amines) is 1. The summed E-state index contributed by atoms with van der Waals surface area (Å²) < 4.78 is 16.8. The molecule has 1 fully saturated rings. The van der Waals surface area contributed by atoms with Crippen molar-refractivity contribution in [2.24, 2.45) is 0 Å². The van der Waals surface area contributed by atoms with Crippen molar-refractivity contribution < 1.29 is 14.2 Å². The number of hydrogen-bond acceptors (Lipinski definition) is 5. The molecule has 0 spiro atoms. The zero-order chi connectivity index (χ0) is 27.6. The topological polar surface area (TPSA) is 34.2 Å². The molecule has 3 aromatic carbocycles. The van der Waals surface area contributed by atoms with Crippen LogP contribution in [0.4, 0.5) is 0 Å². The SMILES string of the molecule is C=C(c1cc(OC)c(OC)c(OC)c1)N(CCC1CCCN1Cc1ccccc1)C/C(C)=C/c1ccccc1. The molecule has 0 bridgehead atoms. The first-order valence-electron chi connectivity index (χ1n) is 13.8. The smallest absolute Gasteiger partial charge is 0.203 e. The molecule has 206 valence electrons. The minimum atomic E-state index is 0.554. The van der Waals surface area contributed by atoms with Gasteiger partial charge in [-0.05, 0) is 56.0 Å². The summed E-state index contributed by atoms with van der Waals surface area (Å²) in [4.78, 5) is 5.04. The Morgan fingerprint density at radius 2 is 1.59 bits per heavy atom. The van der Waals surface area contributed by atoms with E-state index in [4.69, 9.17) is 14.2 Å². The molecule has 3 aromatic rings. The zero-order valence-electron chi connectivity index (χ0n) is 23.9. The van der Waals surface area contributed by atoms with Gasteiger partial charge in [-0.2, -0.15) is 0 Å². The monoisotopic (exact) mass is 526 g/mol. The molecule has 0 saturated carbocycles. The van der Waals surface area contributed by atoms with E-state index in [1.165, 1.54) is 29.5 Å². The Morgan fingerprint density at radius 3 is 2.21 bits per heavy atom. The molecular formula is C34H42N2O3. The van der Waals surface area contributed by atoms with E-state index < -0.39 is 0 Å². The van der Waals surface area contributed by atoms with E-state index in [2.05, 4.69) is 84.0 Å². The summed E-state index contributed by atoms with van der Waals surface area (Å²) in [5.41, 5.74) is 5.78. The molecule has 1 aliphatic heterocycles. The molecule has 1 aliphatic rings. The second kappa shape index (κ2) is 13.9. The van der Waals surface area contributed by atoms with Crippen molar-refractivity contribution in [1.82, 2.24) is 9.80 Å². The van der Waals surface area contributed by atoms with Crippen LogP contribution in [0, 0.1) is 0 Å². The van der Waals surface area contributed by atoms with Gasteiger partial charge in [0.15, 0.2) is 11.5 Å². The second-order valence-electron chi connectivity index (χ2n) is 10.2. The fourth-order valence-electron chi connectivity index (χ4n) is 5.47. The normalized spacial score (nSPS) is 15.7. The van der Waals surface area contributed by atoms with Crippen molar-refractivity contribution in [3.63, 3.8) is 0 Å². The van der Waals surface area contributed by atoms with Crippen LogP contribution in [0.2, 0.25) is 0 Å². The Kier molecular flexibility index (Phi) is 10.1. The van der Waals surface area contributed by atoms with Crippen molar-refractivity contribution >= 4 is 11.8 Å². The number of ether oxygens (including phenoxy) is 3. The fourth-order valence-corrected chi connectivity index (χ4v) is 5.47. The summed E-state index contributed by atoms with van der Waals surface area (Å²) in [5, 5.41) is 0. The summed E-state index contributed by atoms with van der Waals surface area (Å²) in [7, 11) is 4.92. The van der Waals surface area contributed by atoms with Crippen molar-refractivity contribution in [2.45, 2.75) is 38.8 Å². The maximum atomic E-state index is 5.64. The molecule has 0 radical (unpaired) electrons. The third kappa shape index (κ3) is 7.45. The molecule has 0 amide bonds. The highest BCUT2D eigenvalue weighted by Gasteiger charge is 2.26. The fraction of sp³-hybridized carbons (Fsp3) is 0.353. The third-order valence-electron chi connectivity index (χ3n) is 7.49. The minimum absolute atomic E-state index is 0.554. The van der Waals surface area contributed by atoms with E-state index in [9.17, 15) is 0 Å². The lowest BCUT2D eigenvalue weighted by molar-refractivity contribution is 0.220. The minimum Gasteiger partial charge on any atom is -0.493 e. The molecule has 39 heavy (non-hydrogen) atoms. The molecule has 4 rings (SSSR count). The first-order chi connectivity index (χ1) is 19.0. The lowest BCUT2D eigenvalue weighted by Gasteiger charge is -2.31. The number of rotatable bonds is 13. The van der Waals surface area contributed by atoms with E-state index in [-0.39, 0.29) is 0 Å². The van der Waals surface area contributed by atoms with Crippen molar-refractivity contribution in [2.75, 3.05) is 41.0 Å². The number of methoxy groups -OCH3 is 3. The van der Waals surface area contributed by atoms with Gasteiger partial charge in [-0.3, -0.25) is 4.90 Å². The van der Waals surface area contributed by atoms with Gasteiger partial charge in [0.2, 0.25) is 5.75 Å². The van der Waals surface area contributed by atoms with Gasteiger partial charge < -0.3 is 19.1 Å². The van der Waals surface area contributed by atoms with E-state index in [1.807, 2.05) is 18.2 Å². The molecule has 0 aliphatic carbocycles. The second-order valence-corrected chi connectivity index (χ2v) is 10.2. The molecule has 5 nitrogen and oxygen atoms in total. The lowest BCUT2D eigenvalue weighted by Crippen LogP contribution is -2.33. The standard InChI is InChI=1S/C34H42N2O3/c1-26(21-28-13-8-6-9-14-28)24-35(27(2)30-22-32(37-3)34(39-5)33(23-30)38-4)20-18-31-17-12-19-36(31)25-29-15-10-7-11-16-29/h6-11,13-16,21-23,31H,2,12,17-20,24-25H2,1,3-5H3/b26-21+. The highest BCUT2D eigenvalue weighted by Crippen LogP contribution is 2.40. The number of hydrogen-bond donors (Lipinski definition) is 0. The van der Waals surface area contributed by atoms with Crippen molar-refractivity contribution in [1.29, 1.82) is 0 Å². The zero-order valence-corrected chi connectivity index (χ0v) is 23.9. The maximum Gasteiger partial charge on any atom is 0.203 e. The molecule has 0 aromatic heterocycles. The molecule has 1 saturated heterocycles. The number of benzene rings is 3. The molecular weight excluding hydrogens is 484 g/mol. The Labute approximate surface area is 234 Å². The summed E-state index contributed by atoms with van der Waals surface area (Å²) in [6.45, 7) is 10.6. The van der Waals surface area contributed by atoms with Crippen LogP contribution in [0.15, 0.2) is 84.9 Å². The van der Waals surface area contributed by atoms with Crippen LogP contribution < -0.4 is 14.2 Å². The van der Waals surface area contributed by atoms with Gasteiger partial charge in [0.25, 0.3) is 0 Å². The van der Waals surface area contributed by atoms with Gasteiger partial charge >= 0.3 is 0 Å². The molecule has 1 unspecified atom stereocenters. The first kappa shape index (κ1) is 28.3. The molecule has 1 heterocycles. The van der Waals surface area contributed by atoms with Crippen LogP contribution in [0.3, 0.4) is 0 Å².